The van der Waals surface area contributed by atoms with Gasteiger partial charge < -0.3 is 14.8 Å². The number of anilines is 1. The fraction of sp³-hybridized carbons (Fsp3) is 0.391. The van der Waals surface area contributed by atoms with Crippen molar-refractivity contribution in [1.82, 2.24) is 0 Å². The standard InChI is InChI=1S/C23H29NO4/c1-23(2,3)14-12-17-8-10-20(11-9-17)28-15-13-21(25)24-19-7-5-6-18(16-19)22(26)27-4/h5-11,16H,12-15H2,1-4H3,(H,24,25). The van der Waals surface area contributed by atoms with Gasteiger partial charge in [-0.2, -0.15) is 0 Å². The van der Waals surface area contributed by atoms with Gasteiger partial charge in [0.1, 0.15) is 5.75 Å². The number of amides is 1. The number of nitrogens with one attached hydrogen (secondary N) is 1. The molecule has 0 unspecified atom stereocenters. The summed E-state index contributed by atoms with van der Waals surface area (Å²) in [5.41, 5.74) is 2.54. The van der Waals surface area contributed by atoms with Gasteiger partial charge in [0, 0.05) is 5.69 Å². The molecule has 0 aliphatic rings. The second-order valence-corrected chi connectivity index (χ2v) is 7.92. The first kappa shape index (κ1) is 21.5. The van der Waals surface area contributed by atoms with E-state index in [4.69, 9.17) is 4.74 Å². The number of aryl methyl sites for hydroxylation is 1. The normalized spacial score (nSPS) is 11.0. The molecule has 0 saturated heterocycles. The first-order valence-corrected chi connectivity index (χ1v) is 9.47. The van der Waals surface area contributed by atoms with Gasteiger partial charge in [0.15, 0.2) is 0 Å². The Morgan fingerprint density at radius 3 is 2.39 bits per heavy atom. The Hall–Kier alpha value is -2.82. The smallest absolute Gasteiger partial charge is 0.337 e. The average molecular weight is 383 g/mol. The summed E-state index contributed by atoms with van der Waals surface area (Å²) >= 11 is 0. The Bertz CT molecular complexity index is 791. The molecule has 0 bridgehead atoms. The highest BCUT2D eigenvalue weighted by Gasteiger charge is 2.10. The highest BCUT2D eigenvalue weighted by atomic mass is 16.5. The second kappa shape index (κ2) is 9.93. The molecule has 0 radical (unpaired) electrons. The lowest BCUT2D eigenvalue weighted by molar-refractivity contribution is -0.116. The van der Waals surface area contributed by atoms with Gasteiger partial charge in [-0.1, -0.05) is 39.0 Å². The van der Waals surface area contributed by atoms with E-state index in [1.165, 1.54) is 12.7 Å². The molecular weight excluding hydrogens is 354 g/mol. The number of benzene rings is 2. The summed E-state index contributed by atoms with van der Waals surface area (Å²) in [5, 5.41) is 2.76. The molecule has 2 aromatic carbocycles. The van der Waals surface area contributed by atoms with Crippen LogP contribution < -0.4 is 10.1 Å². The first-order chi connectivity index (χ1) is 13.3. The molecule has 5 nitrogen and oxygen atoms in total. The summed E-state index contributed by atoms with van der Waals surface area (Å²) in [6.07, 6.45) is 2.38. The van der Waals surface area contributed by atoms with Crippen molar-refractivity contribution in [2.45, 2.75) is 40.0 Å². The van der Waals surface area contributed by atoms with Crippen LogP contribution in [0.3, 0.4) is 0 Å². The fourth-order valence-corrected chi connectivity index (χ4v) is 2.60. The van der Waals surface area contributed by atoms with Crippen molar-refractivity contribution in [3.05, 3.63) is 59.7 Å². The van der Waals surface area contributed by atoms with Gasteiger partial charge in [-0.05, 0) is 54.2 Å². The molecule has 1 N–H and O–H groups in total. The molecule has 0 heterocycles. The SMILES string of the molecule is COC(=O)c1cccc(NC(=O)CCOc2ccc(CCC(C)(C)C)cc2)c1. The van der Waals surface area contributed by atoms with Crippen LogP contribution in [0.1, 0.15) is 49.5 Å². The minimum absolute atomic E-state index is 0.177. The van der Waals surface area contributed by atoms with Crippen LogP contribution in [0, 0.1) is 5.41 Å². The monoisotopic (exact) mass is 383 g/mol. The fourth-order valence-electron chi connectivity index (χ4n) is 2.60. The van der Waals surface area contributed by atoms with E-state index in [2.05, 4.69) is 43.0 Å². The zero-order valence-corrected chi connectivity index (χ0v) is 17.1. The number of hydrogen-bond acceptors (Lipinski definition) is 4. The van der Waals surface area contributed by atoms with E-state index in [1.54, 1.807) is 24.3 Å². The number of carbonyl (C=O) groups excluding carboxylic acids is 2. The van der Waals surface area contributed by atoms with Crippen molar-refractivity contribution in [2.75, 3.05) is 19.0 Å². The van der Waals surface area contributed by atoms with Crippen LogP contribution in [0.4, 0.5) is 5.69 Å². The van der Waals surface area contributed by atoms with Crippen LogP contribution in [0.15, 0.2) is 48.5 Å². The molecule has 0 aromatic heterocycles. The van der Waals surface area contributed by atoms with Gasteiger partial charge in [-0.3, -0.25) is 4.79 Å². The average Bonchev–Trinajstić information content (AvgIpc) is 2.66. The van der Waals surface area contributed by atoms with Crippen molar-refractivity contribution in [1.29, 1.82) is 0 Å². The molecule has 0 spiro atoms. The molecule has 150 valence electrons. The molecule has 2 rings (SSSR count). The maximum atomic E-state index is 12.1. The minimum Gasteiger partial charge on any atom is -0.493 e. The van der Waals surface area contributed by atoms with E-state index in [0.29, 0.717) is 16.7 Å². The van der Waals surface area contributed by atoms with Crippen LogP contribution >= 0.6 is 0 Å². The first-order valence-electron chi connectivity index (χ1n) is 9.47. The van der Waals surface area contributed by atoms with E-state index >= 15 is 0 Å². The zero-order valence-electron chi connectivity index (χ0n) is 17.1. The lowest BCUT2D eigenvalue weighted by Gasteiger charge is -2.17. The van der Waals surface area contributed by atoms with E-state index in [9.17, 15) is 9.59 Å². The van der Waals surface area contributed by atoms with Crippen LogP contribution in [-0.4, -0.2) is 25.6 Å². The summed E-state index contributed by atoms with van der Waals surface area (Å²) in [7, 11) is 1.32. The summed E-state index contributed by atoms with van der Waals surface area (Å²) < 4.78 is 10.3. The third kappa shape index (κ3) is 7.43. The highest BCUT2D eigenvalue weighted by molar-refractivity contribution is 5.94. The Morgan fingerprint density at radius 2 is 1.75 bits per heavy atom. The van der Waals surface area contributed by atoms with E-state index < -0.39 is 5.97 Å². The van der Waals surface area contributed by atoms with Crippen molar-refractivity contribution < 1.29 is 19.1 Å². The molecule has 5 heteroatoms. The lowest BCUT2D eigenvalue weighted by Crippen LogP contribution is -2.15. The topological polar surface area (TPSA) is 64.6 Å². The Kier molecular flexibility index (Phi) is 7.61. The van der Waals surface area contributed by atoms with E-state index in [0.717, 1.165) is 18.6 Å². The van der Waals surface area contributed by atoms with Crippen LogP contribution in [0.2, 0.25) is 0 Å². The van der Waals surface area contributed by atoms with Gasteiger partial charge in [0.05, 0.1) is 25.7 Å². The Balaban J connectivity index is 1.77. The van der Waals surface area contributed by atoms with Gasteiger partial charge in [-0.25, -0.2) is 4.79 Å². The number of rotatable bonds is 8. The van der Waals surface area contributed by atoms with Crippen molar-refractivity contribution >= 4 is 17.6 Å². The number of methoxy groups -OCH3 is 1. The molecule has 1 amide bonds. The molecular formula is C23H29NO4. The minimum atomic E-state index is -0.439. The third-order valence-corrected chi connectivity index (χ3v) is 4.25. The van der Waals surface area contributed by atoms with Crippen LogP contribution in [0.5, 0.6) is 5.75 Å². The third-order valence-electron chi connectivity index (χ3n) is 4.25. The number of ether oxygens (including phenoxy) is 2. The van der Waals surface area contributed by atoms with Crippen molar-refractivity contribution in [3.8, 4) is 5.75 Å². The maximum absolute atomic E-state index is 12.1. The molecule has 0 saturated carbocycles. The summed E-state index contributed by atoms with van der Waals surface area (Å²) in [4.78, 5) is 23.6. The van der Waals surface area contributed by atoms with Crippen molar-refractivity contribution in [3.63, 3.8) is 0 Å². The summed E-state index contributed by atoms with van der Waals surface area (Å²) in [6.45, 7) is 6.99. The number of hydrogen-bond donors (Lipinski definition) is 1. The number of esters is 1. The number of carbonyl (C=O) groups is 2. The van der Waals surface area contributed by atoms with Crippen LogP contribution in [-0.2, 0) is 16.0 Å². The molecule has 2 aromatic rings. The summed E-state index contributed by atoms with van der Waals surface area (Å²) in [5.74, 6) is 0.134. The Labute approximate surface area is 167 Å². The van der Waals surface area contributed by atoms with Gasteiger partial charge in [0.2, 0.25) is 5.91 Å². The maximum Gasteiger partial charge on any atom is 0.337 e. The van der Waals surface area contributed by atoms with Gasteiger partial charge in [-0.15, -0.1) is 0 Å². The lowest BCUT2D eigenvalue weighted by atomic mass is 9.89. The van der Waals surface area contributed by atoms with E-state index in [1.807, 2.05) is 12.1 Å². The predicted molar refractivity (Wildman–Crippen MR) is 111 cm³/mol. The Morgan fingerprint density at radius 1 is 1.04 bits per heavy atom. The zero-order chi connectivity index (χ0) is 20.6. The largest absolute Gasteiger partial charge is 0.493 e. The molecule has 28 heavy (non-hydrogen) atoms. The molecule has 0 aliphatic heterocycles. The van der Waals surface area contributed by atoms with Crippen molar-refractivity contribution in [2.24, 2.45) is 5.41 Å². The predicted octanol–water partition coefficient (Wildman–Crippen LogP) is 4.86. The summed E-state index contributed by atoms with van der Waals surface area (Å²) in [6, 6.07) is 14.7. The van der Waals surface area contributed by atoms with Crippen LogP contribution in [0.25, 0.3) is 0 Å². The van der Waals surface area contributed by atoms with E-state index in [-0.39, 0.29) is 18.9 Å². The molecule has 0 aliphatic carbocycles. The quantitative estimate of drug-likeness (QED) is 0.661. The molecule has 0 atom stereocenters. The van der Waals surface area contributed by atoms with Gasteiger partial charge in [0.25, 0.3) is 0 Å². The highest BCUT2D eigenvalue weighted by Crippen LogP contribution is 2.22. The van der Waals surface area contributed by atoms with Gasteiger partial charge >= 0.3 is 5.97 Å². The second-order valence-electron chi connectivity index (χ2n) is 7.92. The molecule has 0 fully saturated rings.